The second kappa shape index (κ2) is 4.94. The van der Waals surface area contributed by atoms with Crippen molar-refractivity contribution in [3.63, 3.8) is 0 Å². The molecule has 18 heavy (non-hydrogen) atoms. The first-order valence-corrected chi connectivity index (χ1v) is 6.24. The number of anilines is 1. The van der Waals surface area contributed by atoms with Gasteiger partial charge in [0, 0.05) is 30.7 Å². The molecule has 1 heterocycles. The van der Waals surface area contributed by atoms with Crippen LogP contribution in [-0.2, 0) is 0 Å². The number of para-hydroxylation sites is 1. The Morgan fingerprint density at radius 2 is 2.17 bits per heavy atom. The molecule has 0 spiro atoms. The summed E-state index contributed by atoms with van der Waals surface area (Å²) in [5.41, 5.74) is 1.69. The molecule has 0 aliphatic carbocycles. The minimum absolute atomic E-state index is 0.235. The monoisotopic (exact) mass is 249 g/mol. The Kier molecular flexibility index (Phi) is 3.52. The molecule has 0 bridgehead atoms. The van der Waals surface area contributed by atoms with E-state index in [9.17, 15) is 10.1 Å². The maximum atomic E-state index is 11.2. The van der Waals surface area contributed by atoms with Gasteiger partial charge in [-0.15, -0.1) is 0 Å². The highest BCUT2D eigenvalue weighted by Gasteiger charge is 2.28. The summed E-state index contributed by atoms with van der Waals surface area (Å²) in [6, 6.07) is 6.14. The van der Waals surface area contributed by atoms with Gasteiger partial charge in [-0.25, -0.2) is 0 Å². The molecule has 5 heteroatoms. The van der Waals surface area contributed by atoms with Gasteiger partial charge < -0.3 is 10.2 Å². The molecule has 0 amide bonds. The van der Waals surface area contributed by atoms with E-state index >= 15 is 0 Å². The van der Waals surface area contributed by atoms with Crippen molar-refractivity contribution in [2.24, 2.45) is 0 Å². The van der Waals surface area contributed by atoms with Gasteiger partial charge in [0.1, 0.15) is 5.69 Å². The second-order valence-electron chi connectivity index (χ2n) is 5.01. The zero-order valence-electron chi connectivity index (χ0n) is 11.0. The summed E-state index contributed by atoms with van der Waals surface area (Å²) in [6.07, 6.45) is 0. The first-order chi connectivity index (χ1) is 8.50. The third kappa shape index (κ3) is 2.31. The lowest BCUT2D eigenvalue weighted by Gasteiger charge is -2.39. The van der Waals surface area contributed by atoms with Crippen LogP contribution in [-0.4, -0.2) is 30.1 Å². The molecule has 98 valence electrons. The number of aryl methyl sites for hydroxylation is 1. The van der Waals surface area contributed by atoms with E-state index < -0.39 is 0 Å². The van der Waals surface area contributed by atoms with Crippen molar-refractivity contribution in [1.82, 2.24) is 5.32 Å². The van der Waals surface area contributed by atoms with Crippen LogP contribution in [0.2, 0.25) is 0 Å². The highest BCUT2D eigenvalue weighted by Crippen LogP contribution is 2.33. The zero-order chi connectivity index (χ0) is 13.3. The smallest absolute Gasteiger partial charge is 0.295 e. The molecule has 1 aromatic carbocycles. The van der Waals surface area contributed by atoms with Gasteiger partial charge in [-0.3, -0.25) is 10.1 Å². The van der Waals surface area contributed by atoms with Gasteiger partial charge in [0.05, 0.1) is 4.92 Å². The molecule has 1 fully saturated rings. The van der Waals surface area contributed by atoms with Gasteiger partial charge in [-0.05, 0) is 26.8 Å². The third-order valence-electron chi connectivity index (χ3n) is 3.47. The summed E-state index contributed by atoms with van der Waals surface area (Å²) in [7, 11) is 0. The van der Waals surface area contributed by atoms with Gasteiger partial charge in [-0.1, -0.05) is 12.1 Å². The lowest BCUT2D eigenvalue weighted by molar-refractivity contribution is -0.384. The predicted molar refractivity (Wildman–Crippen MR) is 72.1 cm³/mol. The molecule has 1 aliphatic rings. The van der Waals surface area contributed by atoms with E-state index in [0.29, 0.717) is 6.04 Å². The Morgan fingerprint density at radius 1 is 1.44 bits per heavy atom. The van der Waals surface area contributed by atoms with Gasteiger partial charge >= 0.3 is 0 Å². The Morgan fingerprint density at radius 3 is 2.83 bits per heavy atom. The Balaban J connectivity index is 2.43. The Hall–Kier alpha value is -1.62. The van der Waals surface area contributed by atoms with Crippen LogP contribution in [0.15, 0.2) is 18.2 Å². The molecular weight excluding hydrogens is 230 g/mol. The van der Waals surface area contributed by atoms with Crippen molar-refractivity contribution in [1.29, 1.82) is 0 Å². The van der Waals surface area contributed by atoms with Crippen LogP contribution >= 0.6 is 0 Å². The van der Waals surface area contributed by atoms with Gasteiger partial charge in [0.2, 0.25) is 0 Å². The van der Waals surface area contributed by atoms with E-state index in [0.717, 1.165) is 24.3 Å². The first-order valence-electron chi connectivity index (χ1n) is 6.24. The quantitative estimate of drug-likeness (QED) is 0.644. The topological polar surface area (TPSA) is 58.4 Å². The number of benzene rings is 1. The van der Waals surface area contributed by atoms with Crippen LogP contribution in [0, 0.1) is 17.0 Å². The molecule has 1 saturated heterocycles. The normalized spacial score (nSPS) is 24.1. The molecule has 1 aromatic rings. The number of nitrogens with zero attached hydrogens (tertiary/aromatic N) is 2. The Labute approximate surface area is 107 Å². The van der Waals surface area contributed by atoms with Crippen molar-refractivity contribution in [3.05, 3.63) is 33.9 Å². The lowest BCUT2D eigenvalue weighted by Crippen LogP contribution is -2.54. The van der Waals surface area contributed by atoms with Crippen LogP contribution in [0.3, 0.4) is 0 Å². The molecule has 1 N–H and O–H groups in total. The summed E-state index contributed by atoms with van der Waals surface area (Å²) in [4.78, 5) is 13.1. The predicted octanol–water partition coefficient (Wildman–Crippen LogP) is 2.09. The molecule has 0 aromatic heterocycles. The van der Waals surface area contributed by atoms with Crippen molar-refractivity contribution < 1.29 is 4.92 Å². The van der Waals surface area contributed by atoms with E-state index in [1.807, 2.05) is 12.1 Å². The highest BCUT2D eigenvalue weighted by molar-refractivity contribution is 5.67. The first kappa shape index (κ1) is 12.8. The summed E-state index contributed by atoms with van der Waals surface area (Å²) in [5, 5.41) is 14.6. The molecule has 2 unspecified atom stereocenters. The molecule has 1 aliphatic heterocycles. The average molecular weight is 249 g/mol. The van der Waals surface area contributed by atoms with Crippen LogP contribution in [0.1, 0.15) is 19.4 Å². The fourth-order valence-corrected chi connectivity index (χ4v) is 2.47. The Bertz CT molecular complexity index is 462. The number of hydrogen-bond acceptors (Lipinski definition) is 4. The van der Waals surface area contributed by atoms with E-state index in [2.05, 4.69) is 24.1 Å². The van der Waals surface area contributed by atoms with Gasteiger partial charge in [0.25, 0.3) is 5.69 Å². The van der Waals surface area contributed by atoms with Crippen molar-refractivity contribution in [2.45, 2.75) is 32.9 Å². The fraction of sp³-hybridized carbons (Fsp3) is 0.538. The zero-order valence-corrected chi connectivity index (χ0v) is 11.0. The number of nitro groups is 1. The minimum Gasteiger partial charge on any atom is -0.360 e. The highest BCUT2D eigenvalue weighted by atomic mass is 16.6. The third-order valence-corrected chi connectivity index (χ3v) is 3.47. The molecular formula is C13H19N3O2. The van der Waals surface area contributed by atoms with E-state index in [1.165, 1.54) is 0 Å². The molecule has 5 nitrogen and oxygen atoms in total. The van der Waals surface area contributed by atoms with Crippen LogP contribution < -0.4 is 10.2 Å². The number of piperazine rings is 1. The van der Waals surface area contributed by atoms with E-state index in [-0.39, 0.29) is 16.7 Å². The van der Waals surface area contributed by atoms with Crippen LogP contribution in [0.4, 0.5) is 11.4 Å². The summed E-state index contributed by atoms with van der Waals surface area (Å²) in [5.74, 6) is 0. The van der Waals surface area contributed by atoms with E-state index in [4.69, 9.17) is 0 Å². The number of nitrogens with one attached hydrogen (secondary N) is 1. The standard InChI is InChI=1S/C13H19N3O2/c1-9-5-4-6-12(13(9)16(17)18)15-8-10(2)14-7-11(15)3/h4-6,10-11,14H,7-8H2,1-3H3. The largest absolute Gasteiger partial charge is 0.360 e. The maximum absolute atomic E-state index is 11.2. The van der Waals surface area contributed by atoms with Gasteiger partial charge in [0.15, 0.2) is 0 Å². The molecule has 0 radical (unpaired) electrons. The van der Waals surface area contributed by atoms with Crippen LogP contribution in [0.25, 0.3) is 0 Å². The summed E-state index contributed by atoms with van der Waals surface area (Å²) >= 11 is 0. The SMILES string of the molecule is Cc1cccc(N2CC(C)NCC2C)c1[N+](=O)[O-]. The average Bonchev–Trinajstić information content (AvgIpc) is 2.31. The van der Waals surface area contributed by atoms with Crippen molar-refractivity contribution in [2.75, 3.05) is 18.0 Å². The fourth-order valence-electron chi connectivity index (χ4n) is 2.47. The van der Waals surface area contributed by atoms with E-state index in [1.54, 1.807) is 13.0 Å². The van der Waals surface area contributed by atoms with Crippen molar-refractivity contribution in [3.8, 4) is 0 Å². The molecule has 0 saturated carbocycles. The molecule has 2 rings (SSSR count). The maximum Gasteiger partial charge on any atom is 0.295 e. The number of hydrogen-bond donors (Lipinski definition) is 1. The van der Waals surface area contributed by atoms with Crippen LogP contribution in [0.5, 0.6) is 0 Å². The van der Waals surface area contributed by atoms with Crippen molar-refractivity contribution >= 4 is 11.4 Å². The lowest BCUT2D eigenvalue weighted by atomic mass is 10.1. The number of rotatable bonds is 2. The minimum atomic E-state index is -0.274. The molecule has 2 atom stereocenters. The number of nitro benzene ring substituents is 1. The summed E-state index contributed by atoms with van der Waals surface area (Å²) in [6.45, 7) is 7.63. The van der Waals surface area contributed by atoms with Gasteiger partial charge in [-0.2, -0.15) is 0 Å². The second-order valence-corrected chi connectivity index (χ2v) is 5.01. The summed E-state index contributed by atoms with van der Waals surface area (Å²) < 4.78 is 0.